The lowest BCUT2D eigenvalue weighted by atomic mass is 10.1. The molecule has 0 spiro atoms. The smallest absolute Gasteiger partial charge is 0.221 e. The van der Waals surface area contributed by atoms with Gasteiger partial charge in [0.1, 0.15) is 5.75 Å². The molecule has 0 aliphatic heterocycles. The van der Waals surface area contributed by atoms with E-state index in [0.717, 1.165) is 30.5 Å². The normalized spacial score (nSPS) is 10.8. The van der Waals surface area contributed by atoms with Gasteiger partial charge in [0.25, 0.3) is 0 Å². The van der Waals surface area contributed by atoms with E-state index in [4.69, 9.17) is 27.9 Å². The number of amides is 1. The van der Waals surface area contributed by atoms with Gasteiger partial charge in [0.15, 0.2) is 5.96 Å². The van der Waals surface area contributed by atoms with E-state index in [1.54, 1.807) is 20.2 Å². The van der Waals surface area contributed by atoms with E-state index >= 15 is 0 Å². The molecule has 0 saturated heterocycles. The van der Waals surface area contributed by atoms with Gasteiger partial charge in [-0.3, -0.25) is 9.79 Å². The van der Waals surface area contributed by atoms with Crippen LogP contribution in [0.4, 0.5) is 5.69 Å². The first-order valence-corrected chi connectivity index (χ1v) is 10.0. The predicted molar refractivity (Wildman–Crippen MR) is 136 cm³/mol. The molecular weight excluding hydrogens is 538 g/mol. The van der Waals surface area contributed by atoms with Gasteiger partial charge in [-0.15, -0.1) is 24.0 Å². The van der Waals surface area contributed by atoms with Gasteiger partial charge < -0.3 is 20.7 Å². The Kier molecular flexibility index (Phi) is 11.9. The second-order valence-electron chi connectivity index (χ2n) is 6.41. The number of carbonyl (C=O) groups excluding carboxylic acids is 1. The van der Waals surface area contributed by atoms with E-state index in [1.165, 1.54) is 6.92 Å². The Labute approximate surface area is 204 Å². The number of hydrogen-bond donors (Lipinski definition) is 3. The second-order valence-corrected chi connectivity index (χ2v) is 7.25. The molecule has 2 aromatic rings. The monoisotopic (exact) mass is 564 g/mol. The highest BCUT2D eigenvalue weighted by atomic mass is 127. The number of guanidine groups is 1. The lowest BCUT2D eigenvalue weighted by molar-refractivity contribution is -0.114. The number of anilines is 1. The molecule has 0 saturated carbocycles. The zero-order chi connectivity index (χ0) is 21.2. The van der Waals surface area contributed by atoms with Crippen molar-refractivity contribution in [1.82, 2.24) is 10.6 Å². The summed E-state index contributed by atoms with van der Waals surface area (Å²) in [5, 5.41) is 10.7. The molecule has 0 atom stereocenters. The van der Waals surface area contributed by atoms with Crippen LogP contribution in [-0.4, -0.2) is 32.6 Å². The van der Waals surface area contributed by atoms with Crippen LogP contribution in [0.5, 0.6) is 5.75 Å². The average molecular weight is 565 g/mol. The van der Waals surface area contributed by atoms with Crippen molar-refractivity contribution in [2.45, 2.75) is 26.3 Å². The minimum Gasteiger partial charge on any atom is -0.495 e. The summed E-state index contributed by atoms with van der Waals surface area (Å²) in [6.45, 7) is 2.77. The van der Waals surface area contributed by atoms with E-state index in [2.05, 4.69) is 20.9 Å². The van der Waals surface area contributed by atoms with Gasteiger partial charge in [-0.1, -0.05) is 35.3 Å². The maximum Gasteiger partial charge on any atom is 0.221 e. The number of halogens is 3. The minimum absolute atomic E-state index is 0. The summed E-state index contributed by atoms with van der Waals surface area (Å²) >= 11 is 12.1. The zero-order valence-electron chi connectivity index (χ0n) is 17.2. The average Bonchev–Trinajstić information content (AvgIpc) is 2.68. The zero-order valence-corrected chi connectivity index (χ0v) is 21.1. The summed E-state index contributed by atoms with van der Waals surface area (Å²) in [7, 11) is 3.30. The largest absolute Gasteiger partial charge is 0.495 e. The maximum atomic E-state index is 11.4. The summed E-state index contributed by atoms with van der Waals surface area (Å²) in [5.74, 6) is 1.17. The van der Waals surface area contributed by atoms with E-state index in [0.29, 0.717) is 34.0 Å². The summed E-state index contributed by atoms with van der Waals surface area (Å²) in [5.41, 5.74) is 2.71. The summed E-state index contributed by atoms with van der Waals surface area (Å²) in [6, 6.07) is 11.2. The number of methoxy groups -OCH3 is 1. The number of benzene rings is 2. The fraction of sp³-hybridized carbons (Fsp3) is 0.333. The first-order chi connectivity index (χ1) is 13.9. The number of carbonyl (C=O) groups is 1. The van der Waals surface area contributed by atoms with Crippen LogP contribution >= 0.6 is 47.2 Å². The molecule has 30 heavy (non-hydrogen) atoms. The molecule has 0 unspecified atom stereocenters. The van der Waals surface area contributed by atoms with Crippen LogP contribution in [0.2, 0.25) is 10.0 Å². The third-order valence-electron chi connectivity index (χ3n) is 4.19. The van der Waals surface area contributed by atoms with Crippen LogP contribution in [0, 0.1) is 0 Å². The van der Waals surface area contributed by atoms with E-state index < -0.39 is 0 Å². The Hall–Kier alpha value is -1.71. The van der Waals surface area contributed by atoms with Crippen LogP contribution < -0.4 is 20.7 Å². The number of nitrogens with one attached hydrogen (secondary N) is 3. The highest BCUT2D eigenvalue weighted by Crippen LogP contribution is 2.25. The number of aryl methyl sites for hydroxylation is 1. The predicted octanol–water partition coefficient (Wildman–Crippen LogP) is 4.88. The fourth-order valence-electron chi connectivity index (χ4n) is 2.77. The van der Waals surface area contributed by atoms with Gasteiger partial charge in [-0.05, 0) is 48.2 Å². The number of rotatable bonds is 8. The standard InChI is InChI=1S/C21H26Cl2N4O2.HI/c1-14(28)27-19-11-15(6-9-20(19)29-3)13-26-21(24-2)25-10-4-5-16-7-8-17(22)12-18(16)23;/h6-9,11-12H,4-5,10,13H2,1-3H3,(H,27,28)(H2,24,25,26);1H. The van der Waals surface area contributed by atoms with Gasteiger partial charge in [-0.25, -0.2) is 0 Å². The van der Waals surface area contributed by atoms with E-state index in [1.807, 2.05) is 30.3 Å². The molecule has 2 rings (SSSR count). The van der Waals surface area contributed by atoms with Crippen LogP contribution in [0.15, 0.2) is 41.4 Å². The molecule has 164 valence electrons. The van der Waals surface area contributed by atoms with Gasteiger partial charge in [-0.2, -0.15) is 0 Å². The Morgan fingerprint density at radius 3 is 2.53 bits per heavy atom. The van der Waals surface area contributed by atoms with Crippen molar-refractivity contribution in [2.24, 2.45) is 4.99 Å². The first-order valence-electron chi connectivity index (χ1n) is 9.26. The van der Waals surface area contributed by atoms with Crippen molar-refractivity contribution in [3.05, 3.63) is 57.6 Å². The van der Waals surface area contributed by atoms with Gasteiger partial charge in [0.2, 0.25) is 5.91 Å². The number of hydrogen-bond acceptors (Lipinski definition) is 3. The molecule has 3 N–H and O–H groups in total. The van der Waals surface area contributed by atoms with Gasteiger partial charge in [0, 0.05) is 37.1 Å². The van der Waals surface area contributed by atoms with Crippen LogP contribution in [-0.2, 0) is 17.8 Å². The molecule has 1 amide bonds. The Balaban J connectivity index is 0.00000450. The molecule has 0 aliphatic rings. The van der Waals surface area contributed by atoms with Crippen LogP contribution in [0.1, 0.15) is 24.5 Å². The summed E-state index contributed by atoms with van der Waals surface area (Å²) in [4.78, 5) is 15.6. The fourth-order valence-corrected chi connectivity index (χ4v) is 3.27. The topological polar surface area (TPSA) is 74.8 Å². The number of aliphatic imine (C=N–C) groups is 1. The molecule has 0 fully saturated rings. The Bertz CT molecular complexity index is 878. The quantitative estimate of drug-likeness (QED) is 0.185. The molecular formula is C21H27Cl2IN4O2. The van der Waals surface area contributed by atoms with E-state index in [9.17, 15) is 4.79 Å². The molecule has 2 aromatic carbocycles. The van der Waals surface area contributed by atoms with Crippen molar-refractivity contribution in [1.29, 1.82) is 0 Å². The van der Waals surface area contributed by atoms with Crippen LogP contribution in [0.3, 0.4) is 0 Å². The first kappa shape index (κ1) is 26.3. The summed E-state index contributed by atoms with van der Waals surface area (Å²) < 4.78 is 5.28. The van der Waals surface area contributed by atoms with Gasteiger partial charge in [0.05, 0.1) is 12.8 Å². The van der Waals surface area contributed by atoms with Crippen molar-refractivity contribution < 1.29 is 9.53 Å². The van der Waals surface area contributed by atoms with Crippen molar-refractivity contribution in [3.63, 3.8) is 0 Å². The third-order valence-corrected chi connectivity index (χ3v) is 4.78. The van der Waals surface area contributed by atoms with Crippen molar-refractivity contribution in [3.8, 4) is 5.75 Å². The summed E-state index contributed by atoms with van der Waals surface area (Å²) in [6.07, 6.45) is 1.75. The SMILES string of the molecule is CN=C(NCCCc1ccc(Cl)cc1Cl)NCc1ccc(OC)c(NC(C)=O)c1.I. The highest BCUT2D eigenvalue weighted by molar-refractivity contribution is 14.0. The molecule has 0 aromatic heterocycles. The molecule has 0 aliphatic carbocycles. The van der Waals surface area contributed by atoms with Crippen LogP contribution in [0.25, 0.3) is 0 Å². The number of ether oxygens (including phenoxy) is 1. The van der Waals surface area contributed by atoms with E-state index in [-0.39, 0.29) is 29.9 Å². The molecule has 9 heteroatoms. The molecule has 6 nitrogen and oxygen atoms in total. The number of nitrogens with zero attached hydrogens (tertiary/aromatic N) is 1. The highest BCUT2D eigenvalue weighted by Gasteiger charge is 2.07. The molecule has 0 radical (unpaired) electrons. The lowest BCUT2D eigenvalue weighted by Gasteiger charge is -2.14. The van der Waals surface area contributed by atoms with Crippen molar-refractivity contribution in [2.75, 3.05) is 26.0 Å². The lowest BCUT2D eigenvalue weighted by Crippen LogP contribution is -2.37. The minimum atomic E-state index is -0.147. The maximum absolute atomic E-state index is 11.4. The second kappa shape index (κ2) is 13.6. The Morgan fingerprint density at radius 2 is 1.90 bits per heavy atom. The molecule has 0 heterocycles. The molecule has 0 bridgehead atoms. The third kappa shape index (κ3) is 8.57. The Morgan fingerprint density at radius 1 is 1.13 bits per heavy atom. The van der Waals surface area contributed by atoms with Crippen molar-refractivity contribution >= 4 is 64.7 Å². The van der Waals surface area contributed by atoms with Gasteiger partial charge >= 0.3 is 0 Å².